The van der Waals surface area contributed by atoms with E-state index in [2.05, 4.69) is 24.0 Å². The molecule has 0 amide bonds. The van der Waals surface area contributed by atoms with Gasteiger partial charge in [0.15, 0.2) is 0 Å². The van der Waals surface area contributed by atoms with Crippen LogP contribution in [-0.4, -0.2) is 23.6 Å². The molecule has 1 N–H and O–H groups in total. The minimum absolute atomic E-state index is 0.855. The van der Waals surface area contributed by atoms with E-state index >= 15 is 0 Å². The highest BCUT2D eigenvalue weighted by atomic mass is 32.2. The third-order valence-electron chi connectivity index (χ3n) is 3.53. The number of nitrogens with one attached hydrogen (secondary N) is 1. The highest BCUT2D eigenvalue weighted by molar-refractivity contribution is 8.00. The molecule has 1 saturated heterocycles. The molecule has 2 aliphatic rings. The Bertz CT molecular complexity index is 148. The number of hydrogen-bond acceptors (Lipinski definition) is 2. The zero-order valence-electron chi connectivity index (χ0n) is 8.59. The molecule has 0 unspecified atom stereocenters. The Labute approximate surface area is 86.0 Å². The molecule has 2 fully saturated rings. The summed E-state index contributed by atoms with van der Waals surface area (Å²) in [7, 11) is 0. The van der Waals surface area contributed by atoms with Crippen molar-refractivity contribution >= 4 is 11.8 Å². The standard InChI is InChI=1S/C11H21NS/c1-2-9-3-5-10(6-4-9)12-11-7-13-8-11/h9-12H,2-8H2,1H3. The van der Waals surface area contributed by atoms with Crippen LogP contribution >= 0.6 is 11.8 Å². The largest absolute Gasteiger partial charge is 0.310 e. The summed E-state index contributed by atoms with van der Waals surface area (Å²) in [6.45, 7) is 2.33. The Hall–Kier alpha value is 0.310. The molecule has 0 aromatic heterocycles. The fraction of sp³-hybridized carbons (Fsp3) is 1.00. The summed E-state index contributed by atoms with van der Waals surface area (Å²) < 4.78 is 0. The van der Waals surface area contributed by atoms with Gasteiger partial charge in [-0.15, -0.1) is 0 Å². The fourth-order valence-corrected chi connectivity index (χ4v) is 3.07. The van der Waals surface area contributed by atoms with Gasteiger partial charge in [-0.3, -0.25) is 0 Å². The van der Waals surface area contributed by atoms with E-state index in [0.717, 1.165) is 18.0 Å². The van der Waals surface area contributed by atoms with E-state index in [-0.39, 0.29) is 0 Å². The Morgan fingerprint density at radius 2 is 1.77 bits per heavy atom. The molecule has 0 bridgehead atoms. The summed E-state index contributed by atoms with van der Waals surface area (Å²) in [5.41, 5.74) is 0. The van der Waals surface area contributed by atoms with Crippen molar-refractivity contribution in [2.24, 2.45) is 5.92 Å². The molecule has 1 nitrogen and oxygen atoms in total. The molecule has 0 aromatic carbocycles. The summed E-state index contributed by atoms with van der Waals surface area (Å²) in [5.74, 6) is 3.75. The first kappa shape index (κ1) is 9.85. The molecule has 0 radical (unpaired) electrons. The first-order valence-electron chi connectivity index (χ1n) is 5.72. The Balaban J connectivity index is 1.65. The summed E-state index contributed by atoms with van der Waals surface area (Å²) in [6.07, 6.45) is 7.19. The molecule has 1 saturated carbocycles. The Kier molecular flexibility index (Phi) is 3.56. The van der Waals surface area contributed by atoms with Crippen LogP contribution in [-0.2, 0) is 0 Å². The molecule has 0 spiro atoms. The first-order valence-corrected chi connectivity index (χ1v) is 6.87. The molecule has 76 valence electrons. The van der Waals surface area contributed by atoms with Gasteiger partial charge in [-0.05, 0) is 31.6 Å². The van der Waals surface area contributed by atoms with Crippen LogP contribution in [0, 0.1) is 5.92 Å². The third kappa shape index (κ3) is 2.63. The summed E-state index contributed by atoms with van der Waals surface area (Å²) in [4.78, 5) is 0. The fourth-order valence-electron chi connectivity index (χ4n) is 2.40. The van der Waals surface area contributed by atoms with Gasteiger partial charge in [-0.2, -0.15) is 11.8 Å². The van der Waals surface area contributed by atoms with Gasteiger partial charge in [0, 0.05) is 23.6 Å². The average Bonchev–Trinajstić information content (AvgIpc) is 2.12. The lowest BCUT2D eigenvalue weighted by molar-refractivity contribution is 0.275. The molecule has 2 heteroatoms. The lowest BCUT2D eigenvalue weighted by Gasteiger charge is -2.35. The average molecular weight is 199 g/mol. The van der Waals surface area contributed by atoms with Gasteiger partial charge in [0.2, 0.25) is 0 Å². The molecule has 1 aliphatic heterocycles. The van der Waals surface area contributed by atoms with Crippen LogP contribution in [0.25, 0.3) is 0 Å². The highest BCUT2D eigenvalue weighted by Gasteiger charge is 2.25. The lowest BCUT2D eigenvalue weighted by atomic mass is 9.84. The third-order valence-corrected chi connectivity index (χ3v) is 4.81. The quantitative estimate of drug-likeness (QED) is 0.750. The lowest BCUT2D eigenvalue weighted by Crippen LogP contribution is -2.47. The van der Waals surface area contributed by atoms with Crippen molar-refractivity contribution in [3.63, 3.8) is 0 Å². The predicted octanol–water partition coefficient (Wildman–Crippen LogP) is 2.66. The van der Waals surface area contributed by atoms with E-state index in [1.807, 2.05) is 0 Å². The van der Waals surface area contributed by atoms with Crippen LogP contribution in [0.1, 0.15) is 39.0 Å². The van der Waals surface area contributed by atoms with Gasteiger partial charge in [0.1, 0.15) is 0 Å². The Morgan fingerprint density at radius 1 is 1.08 bits per heavy atom. The minimum atomic E-state index is 0.855. The number of hydrogen-bond donors (Lipinski definition) is 1. The Morgan fingerprint density at radius 3 is 2.23 bits per heavy atom. The van der Waals surface area contributed by atoms with Crippen molar-refractivity contribution in [1.82, 2.24) is 5.32 Å². The van der Waals surface area contributed by atoms with Crippen molar-refractivity contribution in [1.29, 1.82) is 0 Å². The normalized spacial score (nSPS) is 35.8. The second kappa shape index (κ2) is 4.70. The maximum Gasteiger partial charge on any atom is 0.0251 e. The van der Waals surface area contributed by atoms with E-state index < -0.39 is 0 Å². The van der Waals surface area contributed by atoms with Crippen molar-refractivity contribution in [3.05, 3.63) is 0 Å². The van der Waals surface area contributed by atoms with E-state index in [1.54, 1.807) is 0 Å². The van der Waals surface area contributed by atoms with Crippen LogP contribution in [0.5, 0.6) is 0 Å². The van der Waals surface area contributed by atoms with Crippen molar-refractivity contribution in [2.45, 2.75) is 51.1 Å². The summed E-state index contributed by atoms with van der Waals surface area (Å²) in [5, 5.41) is 3.78. The van der Waals surface area contributed by atoms with E-state index in [1.165, 1.54) is 43.6 Å². The van der Waals surface area contributed by atoms with Crippen LogP contribution in [0.2, 0.25) is 0 Å². The predicted molar refractivity (Wildman–Crippen MR) is 60.3 cm³/mol. The van der Waals surface area contributed by atoms with Crippen molar-refractivity contribution in [2.75, 3.05) is 11.5 Å². The van der Waals surface area contributed by atoms with Crippen LogP contribution < -0.4 is 5.32 Å². The maximum atomic E-state index is 3.78. The second-order valence-electron chi connectivity index (χ2n) is 4.53. The highest BCUT2D eigenvalue weighted by Crippen LogP contribution is 2.28. The topological polar surface area (TPSA) is 12.0 Å². The van der Waals surface area contributed by atoms with E-state index in [9.17, 15) is 0 Å². The molecule has 2 rings (SSSR count). The molecular formula is C11H21NS. The monoisotopic (exact) mass is 199 g/mol. The maximum absolute atomic E-state index is 3.78. The van der Waals surface area contributed by atoms with Gasteiger partial charge in [-0.1, -0.05) is 13.3 Å². The smallest absolute Gasteiger partial charge is 0.0251 e. The molecular weight excluding hydrogens is 178 g/mol. The molecule has 1 heterocycles. The van der Waals surface area contributed by atoms with Crippen LogP contribution in [0.15, 0.2) is 0 Å². The van der Waals surface area contributed by atoms with Crippen molar-refractivity contribution < 1.29 is 0 Å². The molecule has 1 aliphatic carbocycles. The summed E-state index contributed by atoms with van der Waals surface area (Å²) >= 11 is 2.08. The number of rotatable bonds is 3. The van der Waals surface area contributed by atoms with E-state index in [4.69, 9.17) is 0 Å². The van der Waals surface area contributed by atoms with Crippen LogP contribution in [0.4, 0.5) is 0 Å². The van der Waals surface area contributed by atoms with Crippen LogP contribution in [0.3, 0.4) is 0 Å². The molecule has 13 heavy (non-hydrogen) atoms. The second-order valence-corrected chi connectivity index (χ2v) is 5.60. The minimum Gasteiger partial charge on any atom is -0.310 e. The molecule has 0 aromatic rings. The van der Waals surface area contributed by atoms with Gasteiger partial charge in [0.25, 0.3) is 0 Å². The van der Waals surface area contributed by atoms with Crippen molar-refractivity contribution in [3.8, 4) is 0 Å². The number of thioether (sulfide) groups is 1. The SMILES string of the molecule is CCC1CCC(NC2CSC2)CC1. The van der Waals surface area contributed by atoms with Gasteiger partial charge < -0.3 is 5.32 Å². The zero-order chi connectivity index (χ0) is 9.10. The molecule has 0 atom stereocenters. The van der Waals surface area contributed by atoms with Gasteiger partial charge in [0.05, 0.1) is 0 Å². The van der Waals surface area contributed by atoms with Gasteiger partial charge in [-0.25, -0.2) is 0 Å². The zero-order valence-corrected chi connectivity index (χ0v) is 9.41. The first-order chi connectivity index (χ1) is 6.38. The summed E-state index contributed by atoms with van der Waals surface area (Å²) in [6, 6.07) is 1.71. The van der Waals surface area contributed by atoms with E-state index in [0.29, 0.717) is 0 Å². The van der Waals surface area contributed by atoms with Gasteiger partial charge >= 0.3 is 0 Å².